The smallest absolute Gasteiger partial charge is 0.335 e. The van der Waals surface area contributed by atoms with E-state index in [0.717, 1.165) is 37.9 Å². The predicted octanol–water partition coefficient (Wildman–Crippen LogP) is 1.83. The van der Waals surface area contributed by atoms with Crippen LogP contribution in [-0.2, 0) is 10.0 Å². The topological polar surface area (TPSA) is 86.7 Å². The van der Waals surface area contributed by atoms with Crippen LogP contribution in [0, 0.1) is 0 Å². The summed E-state index contributed by atoms with van der Waals surface area (Å²) in [6, 6.07) is 6.63. The Morgan fingerprint density at radius 1 is 1.30 bits per heavy atom. The maximum absolute atomic E-state index is 12.4. The van der Waals surface area contributed by atoms with E-state index in [1.54, 1.807) is 31.2 Å². The van der Waals surface area contributed by atoms with Gasteiger partial charge in [-0.15, -0.1) is 0 Å². The molecular weight excluding hydrogens is 316 g/mol. The highest BCUT2D eigenvalue weighted by atomic mass is 32.2. The fourth-order valence-electron chi connectivity index (χ4n) is 2.93. The minimum Gasteiger partial charge on any atom is -0.478 e. The van der Waals surface area contributed by atoms with E-state index in [9.17, 15) is 13.2 Å². The van der Waals surface area contributed by atoms with Crippen LogP contribution in [0.25, 0.3) is 0 Å². The first kappa shape index (κ1) is 16.3. The fourth-order valence-corrected chi connectivity index (χ4v) is 4.48. The highest BCUT2D eigenvalue weighted by Crippen LogP contribution is 2.42. The lowest BCUT2D eigenvalue weighted by molar-refractivity contribution is 0.0697. The van der Waals surface area contributed by atoms with E-state index in [-0.39, 0.29) is 11.6 Å². The summed E-state index contributed by atoms with van der Waals surface area (Å²) in [4.78, 5) is 13.0. The summed E-state index contributed by atoms with van der Waals surface area (Å²) in [5.74, 6) is -0.946. The Hall–Kier alpha value is -1.60. The number of hydrogen-bond acceptors (Lipinski definition) is 4. The summed E-state index contributed by atoms with van der Waals surface area (Å²) < 4.78 is 27.0. The van der Waals surface area contributed by atoms with Gasteiger partial charge in [-0.3, -0.25) is 0 Å². The molecule has 0 radical (unpaired) electrons. The van der Waals surface area contributed by atoms with Crippen LogP contribution in [0.5, 0.6) is 0 Å². The van der Waals surface area contributed by atoms with Crippen molar-refractivity contribution >= 4 is 21.7 Å². The van der Waals surface area contributed by atoms with Crippen LogP contribution in [0.3, 0.4) is 0 Å². The van der Waals surface area contributed by atoms with E-state index in [0.29, 0.717) is 6.54 Å². The summed E-state index contributed by atoms with van der Waals surface area (Å²) in [7, 11) is -3.26. The second kappa shape index (κ2) is 5.79. The minimum atomic E-state index is -3.26. The van der Waals surface area contributed by atoms with Crippen LogP contribution >= 0.6 is 0 Å². The lowest BCUT2D eigenvalue weighted by Crippen LogP contribution is -2.50. The van der Waals surface area contributed by atoms with Crippen molar-refractivity contribution in [2.24, 2.45) is 0 Å². The Morgan fingerprint density at radius 3 is 2.52 bits per heavy atom. The molecule has 0 bridgehead atoms. The van der Waals surface area contributed by atoms with Gasteiger partial charge in [0.15, 0.2) is 0 Å². The quantitative estimate of drug-likeness (QED) is 0.855. The normalized spacial score (nSPS) is 23.5. The van der Waals surface area contributed by atoms with Crippen LogP contribution in [-0.4, -0.2) is 43.4 Å². The van der Waals surface area contributed by atoms with Crippen molar-refractivity contribution in [2.45, 2.75) is 43.4 Å². The van der Waals surface area contributed by atoms with E-state index in [2.05, 4.69) is 9.62 Å². The number of sulfonamides is 1. The zero-order valence-electron chi connectivity index (χ0n) is 13.2. The van der Waals surface area contributed by atoms with Crippen LogP contribution in [0.15, 0.2) is 24.3 Å². The van der Waals surface area contributed by atoms with Gasteiger partial charge in [-0.05, 0) is 56.9 Å². The highest BCUT2D eigenvalue weighted by molar-refractivity contribution is 7.91. The molecule has 1 heterocycles. The summed E-state index contributed by atoms with van der Waals surface area (Å²) in [5.41, 5.74) is 1.18. The number of nitrogens with one attached hydrogen (secondary N) is 1. The lowest BCUT2D eigenvalue weighted by atomic mass is 10.1. The molecule has 1 unspecified atom stereocenters. The summed E-state index contributed by atoms with van der Waals surface area (Å²) in [5, 5.41) is 8.95. The second-order valence-corrected chi connectivity index (χ2v) is 8.94. The molecule has 0 amide bonds. The molecule has 0 aromatic heterocycles. The van der Waals surface area contributed by atoms with E-state index < -0.39 is 20.7 Å². The molecule has 126 valence electrons. The average molecular weight is 338 g/mol. The van der Waals surface area contributed by atoms with Crippen molar-refractivity contribution in [1.82, 2.24) is 4.72 Å². The Kier molecular flexibility index (Phi) is 4.10. The Bertz CT molecular complexity index is 695. The largest absolute Gasteiger partial charge is 0.478 e. The molecule has 2 N–H and O–H groups in total. The highest BCUT2D eigenvalue weighted by Gasteiger charge is 2.50. The average Bonchev–Trinajstić information content (AvgIpc) is 3.27. The van der Waals surface area contributed by atoms with E-state index in [4.69, 9.17) is 5.11 Å². The van der Waals surface area contributed by atoms with Crippen LogP contribution in [0.1, 0.15) is 43.0 Å². The molecule has 6 nitrogen and oxygen atoms in total. The Balaban J connectivity index is 1.67. The maximum atomic E-state index is 12.4. The van der Waals surface area contributed by atoms with Crippen molar-refractivity contribution in [3.05, 3.63) is 29.8 Å². The van der Waals surface area contributed by atoms with Gasteiger partial charge in [-0.2, -0.15) is 0 Å². The van der Waals surface area contributed by atoms with Crippen molar-refractivity contribution in [2.75, 3.05) is 18.0 Å². The number of aromatic carboxylic acids is 1. The number of nitrogens with zero attached hydrogens (tertiary/aromatic N) is 1. The molecular formula is C16H22N2O4S. The van der Waals surface area contributed by atoms with E-state index in [1.165, 1.54) is 0 Å². The third kappa shape index (κ3) is 3.35. The van der Waals surface area contributed by atoms with Gasteiger partial charge >= 0.3 is 5.97 Å². The zero-order valence-corrected chi connectivity index (χ0v) is 14.0. The first-order valence-electron chi connectivity index (χ1n) is 7.91. The van der Waals surface area contributed by atoms with Crippen molar-refractivity contribution < 1.29 is 18.3 Å². The van der Waals surface area contributed by atoms with E-state index >= 15 is 0 Å². The number of hydrogen-bond donors (Lipinski definition) is 2. The third-order valence-electron chi connectivity index (χ3n) is 4.83. The van der Waals surface area contributed by atoms with Gasteiger partial charge in [-0.1, -0.05) is 0 Å². The Labute approximate surface area is 136 Å². The third-order valence-corrected chi connectivity index (χ3v) is 7.17. The molecule has 3 rings (SSSR count). The molecule has 23 heavy (non-hydrogen) atoms. The fraction of sp³-hybridized carbons (Fsp3) is 0.562. The molecule has 1 atom stereocenters. The van der Waals surface area contributed by atoms with Gasteiger partial charge < -0.3 is 10.0 Å². The molecule has 1 aliphatic carbocycles. The molecule has 0 spiro atoms. The molecule has 1 saturated heterocycles. The molecule has 1 saturated carbocycles. The number of benzene rings is 1. The molecule has 2 fully saturated rings. The van der Waals surface area contributed by atoms with Gasteiger partial charge in [0.1, 0.15) is 0 Å². The molecule has 1 aromatic rings. The number of anilines is 1. The SMILES string of the molecule is CC1(S(=O)(=O)NC2CCCN(c3ccc(C(=O)O)cc3)C2)CC1. The lowest BCUT2D eigenvalue weighted by Gasteiger charge is -2.35. The van der Waals surface area contributed by atoms with Gasteiger partial charge in [0.25, 0.3) is 0 Å². The number of carboxylic acid groups (broad SMARTS) is 1. The second-order valence-electron chi connectivity index (χ2n) is 6.71. The summed E-state index contributed by atoms with van der Waals surface area (Å²) in [6.45, 7) is 3.25. The number of rotatable bonds is 5. The van der Waals surface area contributed by atoms with Crippen LogP contribution in [0.2, 0.25) is 0 Å². The number of carboxylic acids is 1. The van der Waals surface area contributed by atoms with Gasteiger partial charge in [-0.25, -0.2) is 17.9 Å². The minimum absolute atomic E-state index is 0.0923. The summed E-state index contributed by atoms with van der Waals surface area (Å²) >= 11 is 0. The molecule has 1 aromatic carbocycles. The first-order valence-corrected chi connectivity index (χ1v) is 9.39. The van der Waals surface area contributed by atoms with Gasteiger partial charge in [0.05, 0.1) is 10.3 Å². The number of piperidine rings is 1. The van der Waals surface area contributed by atoms with Crippen molar-refractivity contribution in [3.8, 4) is 0 Å². The monoisotopic (exact) mass is 338 g/mol. The molecule has 1 aliphatic heterocycles. The first-order chi connectivity index (χ1) is 10.8. The Morgan fingerprint density at radius 2 is 1.96 bits per heavy atom. The maximum Gasteiger partial charge on any atom is 0.335 e. The van der Waals surface area contributed by atoms with Crippen LogP contribution < -0.4 is 9.62 Å². The van der Waals surface area contributed by atoms with Crippen molar-refractivity contribution in [3.63, 3.8) is 0 Å². The van der Waals surface area contributed by atoms with Gasteiger partial charge in [0, 0.05) is 24.8 Å². The molecule has 2 aliphatic rings. The zero-order chi connectivity index (χ0) is 16.7. The van der Waals surface area contributed by atoms with Gasteiger partial charge in [0.2, 0.25) is 10.0 Å². The summed E-state index contributed by atoms with van der Waals surface area (Å²) in [6.07, 6.45) is 3.20. The van der Waals surface area contributed by atoms with Crippen LogP contribution in [0.4, 0.5) is 5.69 Å². The van der Waals surface area contributed by atoms with Crippen molar-refractivity contribution in [1.29, 1.82) is 0 Å². The molecule has 7 heteroatoms. The number of carbonyl (C=O) groups is 1. The van der Waals surface area contributed by atoms with E-state index in [1.807, 2.05) is 0 Å². The standard InChI is InChI=1S/C16H22N2O4S/c1-16(8-9-16)23(21,22)17-13-3-2-10-18(11-13)14-6-4-12(5-7-14)15(19)20/h4-7,13,17H,2-3,8-11H2,1H3,(H,19,20). The predicted molar refractivity (Wildman–Crippen MR) is 88.3 cm³/mol.